The van der Waals surface area contributed by atoms with Crippen LogP contribution in [0.25, 0.3) is 0 Å². The molecule has 0 radical (unpaired) electrons. The number of hydrogen-bond acceptors (Lipinski definition) is 8. The van der Waals surface area contributed by atoms with Gasteiger partial charge in [0, 0.05) is 0 Å². The van der Waals surface area contributed by atoms with Crippen LogP contribution >= 0.6 is 0 Å². The molecule has 3 fully saturated rings. The molecule has 0 aliphatic carbocycles. The molecule has 0 aromatic carbocycles. The van der Waals surface area contributed by atoms with Crippen molar-refractivity contribution in [1.29, 1.82) is 0 Å². The van der Waals surface area contributed by atoms with Crippen molar-refractivity contribution in [3.63, 3.8) is 0 Å². The predicted molar refractivity (Wildman–Crippen MR) is 73.4 cm³/mol. The van der Waals surface area contributed by atoms with Crippen molar-refractivity contribution < 1.29 is 50.8 Å². The maximum atomic E-state index is 12.5. The number of hydrogen-bond donors (Lipinski definition) is 0. The molecule has 0 saturated carbocycles. The maximum absolute atomic E-state index is 12.5. The van der Waals surface area contributed by atoms with Crippen LogP contribution in [0.2, 0.25) is 0 Å². The van der Waals surface area contributed by atoms with E-state index in [-0.39, 0.29) is 0 Å². The first-order valence-electron chi connectivity index (χ1n) is 7.98. The first-order valence-corrected chi connectivity index (χ1v) is 8.81. The van der Waals surface area contributed by atoms with Crippen molar-refractivity contribution in [2.75, 3.05) is 6.58 Å². The predicted octanol–water partition coefficient (Wildman–Crippen LogP) is 1.25. The van der Waals surface area contributed by atoms with Crippen molar-refractivity contribution in [1.82, 2.24) is 0 Å². The zero-order valence-corrected chi connectivity index (χ0v) is 14.6. The lowest BCUT2D eigenvalue weighted by Gasteiger charge is -2.36. The summed E-state index contributed by atoms with van der Waals surface area (Å²) in [5, 5.41) is 0. The summed E-state index contributed by atoms with van der Waals surface area (Å²) >= 11 is 0. The Morgan fingerprint density at radius 2 is 1.52 bits per heavy atom. The largest absolute Gasteiger partial charge is 0.523 e. The average molecular weight is 393 g/mol. The van der Waals surface area contributed by atoms with Crippen molar-refractivity contribution >= 4 is 10.1 Å². The molecule has 0 amide bonds. The summed E-state index contributed by atoms with van der Waals surface area (Å²) in [5.41, 5.74) is -5.66. The van der Waals surface area contributed by atoms with E-state index in [1.165, 1.54) is 0 Å². The Morgan fingerprint density at radius 3 is 2.12 bits per heavy atom. The number of halogens is 3. The lowest BCUT2D eigenvalue weighted by Crippen LogP contribution is -2.56. The number of ether oxygens (including phenoxy) is 5. The van der Waals surface area contributed by atoms with Gasteiger partial charge in [0.2, 0.25) is 0 Å². The van der Waals surface area contributed by atoms with Gasteiger partial charge >= 0.3 is 15.6 Å². The summed E-state index contributed by atoms with van der Waals surface area (Å²) in [6.45, 7) is 4.07. The maximum Gasteiger partial charge on any atom is 0.523 e. The van der Waals surface area contributed by atoms with Gasteiger partial charge in [-0.25, -0.2) is 0 Å². The smallest absolute Gasteiger partial charge is 0.342 e. The van der Waals surface area contributed by atoms with Crippen LogP contribution in [-0.4, -0.2) is 62.8 Å². The fraction of sp³-hybridized carbons (Fsp3) is 1.00. The number of alkyl halides is 3. The van der Waals surface area contributed by atoms with Crippen LogP contribution in [0, 0.1) is 0 Å². The summed E-state index contributed by atoms with van der Waals surface area (Å²) in [6.07, 6.45) is -5.30. The Hall–Kier alpha value is -0.500. The van der Waals surface area contributed by atoms with Gasteiger partial charge in [0.25, 0.3) is 0 Å². The molecule has 0 N–H and O–H groups in total. The van der Waals surface area contributed by atoms with Crippen LogP contribution in [0.3, 0.4) is 0 Å². The first-order chi connectivity index (χ1) is 11.6. The van der Waals surface area contributed by atoms with Crippen LogP contribution in [0.5, 0.6) is 0 Å². The Morgan fingerprint density at radius 1 is 1.00 bits per heavy atom. The summed E-state index contributed by atoms with van der Waals surface area (Å²) in [5.74, 6) is -2.22. The Kier molecular flexibility index (Phi) is 4.11. The highest BCUT2D eigenvalue weighted by molar-refractivity contribution is 7.87. The Labute approximate surface area is 144 Å². The second kappa shape index (κ2) is 5.75. The molecule has 12 heteroatoms. The average Bonchev–Trinajstić information content (AvgIpc) is 2.89. The van der Waals surface area contributed by atoms with Gasteiger partial charge in [0.1, 0.15) is 24.4 Å². The monoisotopic (exact) mass is 393 g/mol. The molecule has 3 aliphatic heterocycles. The SMILES string of the molecule is [2H]C(OS(=O)(=O)C(F)(F)F)[C@@H]1O[C@H]2OC(C)(C)O[C@H]2[C@@H]2OC(C)(C)O[C@@H]21. The molecule has 8 nitrogen and oxygen atoms in total. The molecule has 3 aliphatic rings. The van der Waals surface area contributed by atoms with Gasteiger partial charge in [-0.15, -0.1) is 0 Å². The van der Waals surface area contributed by atoms with Crippen molar-refractivity contribution in [2.24, 2.45) is 0 Å². The normalized spacial score (nSPS) is 41.7. The van der Waals surface area contributed by atoms with Gasteiger partial charge in [-0.2, -0.15) is 21.6 Å². The van der Waals surface area contributed by atoms with Crippen LogP contribution in [0.15, 0.2) is 0 Å². The highest BCUT2D eigenvalue weighted by Gasteiger charge is 2.61. The summed E-state index contributed by atoms with van der Waals surface area (Å²) in [6, 6.07) is 0. The molecule has 3 rings (SSSR count). The number of fused-ring (bicyclic) bond motifs is 3. The van der Waals surface area contributed by atoms with E-state index in [0.29, 0.717) is 0 Å². The summed E-state index contributed by atoms with van der Waals surface area (Å²) < 4.78 is 99.8. The minimum absolute atomic E-state index is 0.764. The standard InChI is InChI=1S/C13H19F3O8S/c1-11(2)21-7-6(5-19-25(17,18)13(14,15)16)20-10-9(8(7)22-11)23-12(3,4)24-10/h6-10H,5H2,1-4H3/t6-,7+,8+,9-,10-/m0/s1/i5D/t5?,6-,7+,8+,9-,10-. The van der Waals surface area contributed by atoms with E-state index in [2.05, 4.69) is 4.18 Å². The van der Waals surface area contributed by atoms with Crippen molar-refractivity contribution in [3.05, 3.63) is 0 Å². The quantitative estimate of drug-likeness (QED) is 0.523. The molecular formula is C13H19F3O8S. The van der Waals surface area contributed by atoms with Crippen LogP contribution in [0.4, 0.5) is 13.2 Å². The van der Waals surface area contributed by atoms with E-state index in [9.17, 15) is 21.6 Å². The summed E-state index contributed by atoms with van der Waals surface area (Å²) in [4.78, 5) is 0. The molecule has 0 aromatic rings. The van der Waals surface area contributed by atoms with E-state index < -0.39 is 64.5 Å². The molecule has 0 bridgehead atoms. The molecule has 3 saturated heterocycles. The fourth-order valence-electron chi connectivity index (χ4n) is 2.93. The van der Waals surface area contributed by atoms with E-state index >= 15 is 0 Å². The first kappa shape index (κ1) is 17.9. The Balaban J connectivity index is 1.85. The zero-order chi connectivity index (χ0) is 19.7. The highest BCUT2D eigenvalue weighted by Crippen LogP contribution is 2.44. The van der Waals surface area contributed by atoms with Crippen LogP contribution < -0.4 is 0 Å². The lowest BCUT2D eigenvalue weighted by atomic mass is 9.99. The van der Waals surface area contributed by atoms with Gasteiger partial charge in [-0.1, -0.05) is 0 Å². The second-order valence-electron chi connectivity index (χ2n) is 6.77. The van der Waals surface area contributed by atoms with Crippen LogP contribution in [0.1, 0.15) is 29.1 Å². The minimum Gasteiger partial charge on any atom is -0.342 e. The van der Waals surface area contributed by atoms with Crippen molar-refractivity contribution in [3.8, 4) is 0 Å². The molecule has 0 spiro atoms. The van der Waals surface area contributed by atoms with E-state index in [0.717, 1.165) is 0 Å². The molecule has 1 unspecified atom stereocenters. The van der Waals surface area contributed by atoms with Gasteiger partial charge < -0.3 is 23.7 Å². The lowest BCUT2D eigenvalue weighted by molar-refractivity contribution is -0.238. The molecule has 3 heterocycles. The van der Waals surface area contributed by atoms with Gasteiger partial charge in [-0.3, -0.25) is 4.18 Å². The van der Waals surface area contributed by atoms with Gasteiger partial charge in [0.15, 0.2) is 17.9 Å². The van der Waals surface area contributed by atoms with Crippen molar-refractivity contribution in [2.45, 2.75) is 75.5 Å². The molecule has 0 aromatic heterocycles. The molecular weight excluding hydrogens is 373 g/mol. The minimum atomic E-state index is -5.98. The third kappa shape index (κ3) is 3.66. The summed E-state index contributed by atoms with van der Waals surface area (Å²) in [7, 11) is -5.98. The van der Waals surface area contributed by atoms with Gasteiger partial charge in [-0.05, 0) is 27.7 Å². The third-order valence-corrected chi connectivity index (χ3v) is 4.72. The highest BCUT2D eigenvalue weighted by atomic mass is 32.2. The van der Waals surface area contributed by atoms with E-state index in [4.69, 9.17) is 25.1 Å². The Bertz CT molecular complexity index is 667. The fourth-order valence-corrected chi connectivity index (χ4v) is 3.30. The van der Waals surface area contributed by atoms with Gasteiger partial charge in [0.05, 0.1) is 7.95 Å². The van der Waals surface area contributed by atoms with E-state index in [1.54, 1.807) is 27.7 Å². The molecule has 25 heavy (non-hydrogen) atoms. The van der Waals surface area contributed by atoms with Crippen LogP contribution in [-0.2, 0) is 38.0 Å². The molecule has 6 atom stereocenters. The van der Waals surface area contributed by atoms with E-state index in [1.807, 2.05) is 0 Å². The third-order valence-electron chi connectivity index (χ3n) is 3.79. The number of rotatable bonds is 3. The second-order valence-corrected chi connectivity index (χ2v) is 8.33. The zero-order valence-electron chi connectivity index (χ0n) is 14.8. The molecule has 146 valence electrons. The topological polar surface area (TPSA) is 89.5 Å².